The number of carboxylic acid groups (broad SMARTS) is 1. The third-order valence-corrected chi connectivity index (χ3v) is 4.71. The van der Waals surface area contributed by atoms with E-state index in [1.54, 1.807) is 24.4 Å². The Morgan fingerprint density at radius 1 is 1.30 bits per heavy atom. The standard InChI is InChI=1S/C17H13ClF2N4O2S/c1-23(17(25)26)9-11-7-16(27-12-3-5-15(18)21-8-12)24(22-11)14-4-2-10(19)6-13(14)20/h2-8H,9H2,1H3,(H,25,26). The monoisotopic (exact) mass is 410 g/mol. The molecule has 2 heterocycles. The molecule has 0 fully saturated rings. The van der Waals surface area contributed by atoms with Crippen molar-refractivity contribution in [3.05, 3.63) is 65.1 Å². The van der Waals surface area contributed by atoms with Crippen LogP contribution < -0.4 is 0 Å². The van der Waals surface area contributed by atoms with Crippen molar-refractivity contribution in [1.82, 2.24) is 19.7 Å². The Morgan fingerprint density at radius 3 is 2.70 bits per heavy atom. The fourth-order valence-corrected chi connectivity index (χ4v) is 3.26. The third kappa shape index (κ3) is 4.55. The highest BCUT2D eigenvalue weighted by Gasteiger charge is 2.17. The highest BCUT2D eigenvalue weighted by Crippen LogP contribution is 2.31. The summed E-state index contributed by atoms with van der Waals surface area (Å²) in [5, 5.41) is 14.2. The number of hydrogen-bond donors (Lipinski definition) is 1. The number of nitrogens with zero attached hydrogens (tertiary/aromatic N) is 4. The van der Waals surface area contributed by atoms with E-state index in [1.807, 2.05) is 0 Å². The van der Waals surface area contributed by atoms with Crippen LogP contribution in [0.4, 0.5) is 13.6 Å². The number of aromatic nitrogens is 3. The number of hydrogen-bond acceptors (Lipinski definition) is 4. The summed E-state index contributed by atoms with van der Waals surface area (Å²) in [5.74, 6) is -1.49. The van der Waals surface area contributed by atoms with E-state index in [0.717, 1.165) is 21.9 Å². The minimum atomic E-state index is -1.12. The molecule has 0 saturated heterocycles. The summed E-state index contributed by atoms with van der Waals surface area (Å²) in [5.41, 5.74) is 0.457. The fourth-order valence-electron chi connectivity index (χ4n) is 2.24. The zero-order valence-corrected chi connectivity index (χ0v) is 15.5. The summed E-state index contributed by atoms with van der Waals surface area (Å²) in [7, 11) is 1.40. The highest BCUT2D eigenvalue weighted by molar-refractivity contribution is 7.99. The predicted molar refractivity (Wildman–Crippen MR) is 96.3 cm³/mol. The van der Waals surface area contributed by atoms with E-state index in [0.29, 0.717) is 15.9 Å². The molecule has 3 aromatic rings. The number of amides is 1. The van der Waals surface area contributed by atoms with E-state index in [1.165, 1.54) is 29.6 Å². The van der Waals surface area contributed by atoms with Crippen molar-refractivity contribution in [2.45, 2.75) is 16.5 Å². The van der Waals surface area contributed by atoms with Crippen LogP contribution in [0.25, 0.3) is 5.69 Å². The molecule has 0 aliphatic carbocycles. The summed E-state index contributed by atoms with van der Waals surface area (Å²) in [4.78, 5) is 16.8. The van der Waals surface area contributed by atoms with Crippen molar-refractivity contribution >= 4 is 29.5 Å². The first-order valence-electron chi connectivity index (χ1n) is 7.61. The van der Waals surface area contributed by atoms with Crippen molar-refractivity contribution < 1.29 is 18.7 Å². The molecule has 0 aliphatic rings. The van der Waals surface area contributed by atoms with E-state index in [2.05, 4.69) is 10.1 Å². The molecule has 27 heavy (non-hydrogen) atoms. The summed E-state index contributed by atoms with van der Waals surface area (Å²) in [6.45, 7) is 0.0115. The van der Waals surface area contributed by atoms with Crippen LogP contribution in [0.1, 0.15) is 5.69 Å². The molecular weight excluding hydrogens is 398 g/mol. The Bertz CT molecular complexity index is 982. The molecule has 140 valence electrons. The fraction of sp³-hybridized carbons (Fsp3) is 0.118. The van der Waals surface area contributed by atoms with Crippen molar-refractivity contribution in [3.63, 3.8) is 0 Å². The van der Waals surface area contributed by atoms with Crippen molar-refractivity contribution in [2.75, 3.05) is 7.05 Å². The Kier molecular flexibility index (Phi) is 5.62. The number of benzene rings is 1. The van der Waals surface area contributed by atoms with Gasteiger partial charge in [0.15, 0.2) is 5.82 Å². The lowest BCUT2D eigenvalue weighted by Crippen LogP contribution is -2.24. The maximum atomic E-state index is 14.3. The van der Waals surface area contributed by atoms with E-state index in [9.17, 15) is 13.6 Å². The van der Waals surface area contributed by atoms with E-state index in [4.69, 9.17) is 16.7 Å². The Hall–Kier alpha value is -2.65. The first-order chi connectivity index (χ1) is 12.8. The van der Waals surface area contributed by atoms with Gasteiger partial charge in [-0.2, -0.15) is 5.10 Å². The SMILES string of the molecule is CN(Cc1cc(Sc2ccc(Cl)nc2)n(-c2ccc(F)cc2F)n1)C(=O)O. The van der Waals surface area contributed by atoms with Gasteiger partial charge in [0.05, 0.1) is 12.2 Å². The minimum absolute atomic E-state index is 0.0115. The summed E-state index contributed by atoms with van der Waals surface area (Å²) in [6.07, 6.45) is 0.433. The first kappa shape index (κ1) is 19.1. The summed E-state index contributed by atoms with van der Waals surface area (Å²) in [6, 6.07) is 8.15. The van der Waals surface area contributed by atoms with Crippen LogP contribution in [0.2, 0.25) is 5.15 Å². The Labute approximate surface area is 162 Å². The van der Waals surface area contributed by atoms with Crippen LogP contribution in [0, 0.1) is 11.6 Å². The molecule has 0 saturated carbocycles. The van der Waals surface area contributed by atoms with E-state index in [-0.39, 0.29) is 12.2 Å². The van der Waals surface area contributed by atoms with Gasteiger partial charge in [-0.3, -0.25) is 0 Å². The molecule has 0 atom stereocenters. The molecule has 1 aromatic carbocycles. The number of rotatable bonds is 5. The normalized spacial score (nSPS) is 10.8. The predicted octanol–water partition coefficient (Wildman–Crippen LogP) is 4.46. The lowest BCUT2D eigenvalue weighted by Gasteiger charge is -2.10. The van der Waals surface area contributed by atoms with Gasteiger partial charge in [0.2, 0.25) is 0 Å². The van der Waals surface area contributed by atoms with Crippen molar-refractivity contribution in [2.24, 2.45) is 0 Å². The topological polar surface area (TPSA) is 71.2 Å². The zero-order chi connectivity index (χ0) is 19.6. The second kappa shape index (κ2) is 7.93. The van der Waals surface area contributed by atoms with Crippen LogP contribution in [0.15, 0.2) is 52.5 Å². The van der Waals surface area contributed by atoms with Crippen LogP contribution in [-0.2, 0) is 6.54 Å². The summed E-state index contributed by atoms with van der Waals surface area (Å²) >= 11 is 7.02. The molecule has 1 amide bonds. The van der Waals surface area contributed by atoms with E-state index >= 15 is 0 Å². The number of pyridine rings is 1. The minimum Gasteiger partial charge on any atom is -0.465 e. The lowest BCUT2D eigenvalue weighted by atomic mass is 10.3. The maximum Gasteiger partial charge on any atom is 0.407 e. The molecule has 2 aromatic heterocycles. The van der Waals surface area contributed by atoms with Gasteiger partial charge in [-0.15, -0.1) is 0 Å². The molecule has 0 spiro atoms. The lowest BCUT2D eigenvalue weighted by molar-refractivity contribution is 0.153. The van der Waals surface area contributed by atoms with Gasteiger partial charge in [0.1, 0.15) is 21.7 Å². The van der Waals surface area contributed by atoms with Crippen molar-refractivity contribution in [1.29, 1.82) is 0 Å². The second-order valence-electron chi connectivity index (χ2n) is 5.54. The first-order valence-corrected chi connectivity index (χ1v) is 8.81. The van der Waals surface area contributed by atoms with Gasteiger partial charge < -0.3 is 10.0 Å². The van der Waals surface area contributed by atoms with Crippen LogP contribution in [-0.4, -0.2) is 37.9 Å². The summed E-state index contributed by atoms with van der Waals surface area (Å²) < 4.78 is 28.8. The Balaban J connectivity index is 2.01. The highest BCUT2D eigenvalue weighted by atomic mass is 35.5. The number of halogens is 3. The zero-order valence-electron chi connectivity index (χ0n) is 13.9. The van der Waals surface area contributed by atoms with Gasteiger partial charge in [-0.25, -0.2) is 23.2 Å². The average molecular weight is 411 g/mol. The van der Waals surface area contributed by atoms with E-state index < -0.39 is 17.7 Å². The van der Waals surface area contributed by atoms with Crippen LogP contribution in [0.3, 0.4) is 0 Å². The van der Waals surface area contributed by atoms with Crippen LogP contribution >= 0.6 is 23.4 Å². The van der Waals surface area contributed by atoms with Gasteiger partial charge in [0, 0.05) is 24.2 Å². The number of carbonyl (C=O) groups is 1. The molecule has 0 unspecified atom stereocenters. The smallest absolute Gasteiger partial charge is 0.407 e. The molecule has 0 aliphatic heterocycles. The van der Waals surface area contributed by atoms with Crippen LogP contribution in [0.5, 0.6) is 0 Å². The molecule has 6 nitrogen and oxygen atoms in total. The molecule has 10 heteroatoms. The average Bonchev–Trinajstić information content (AvgIpc) is 2.99. The molecular formula is C17H13ClF2N4O2S. The molecule has 0 bridgehead atoms. The molecule has 1 N–H and O–H groups in total. The third-order valence-electron chi connectivity index (χ3n) is 3.51. The van der Waals surface area contributed by atoms with Gasteiger partial charge >= 0.3 is 6.09 Å². The molecule has 0 radical (unpaired) electrons. The second-order valence-corrected chi connectivity index (χ2v) is 7.02. The van der Waals surface area contributed by atoms with Gasteiger partial charge in [0.25, 0.3) is 0 Å². The maximum absolute atomic E-state index is 14.3. The quantitative estimate of drug-likeness (QED) is 0.629. The van der Waals surface area contributed by atoms with Gasteiger partial charge in [-0.05, 0) is 30.3 Å². The van der Waals surface area contributed by atoms with Crippen molar-refractivity contribution in [3.8, 4) is 5.69 Å². The Morgan fingerprint density at radius 2 is 2.07 bits per heavy atom. The largest absolute Gasteiger partial charge is 0.465 e. The van der Waals surface area contributed by atoms with Gasteiger partial charge in [-0.1, -0.05) is 23.4 Å². The molecule has 3 rings (SSSR count).